The second-order valence-electron chi connectivity index (χ2n) is 4.56. The van der Waals surface area contributed by atoms with Crippen molar-refractivity contribution in [3.05, 3.63) is 59.7 Å². The van der Waals surface area contributed by atoms with E-state index in [-0.39, 0.29) is 5.91 Å². The number of carbonyl (C=O) groups excluding carboxylic acids is 1. The summed E-state index contributed by atoms with van der Waals surface area (Å²) < 4.78 is 5.62. The zero-order chi connectivity index (χ0) is 13.9. The summed E-state index contributed by atoms with van der Waals surface area (Å²) in [6.45, 7) is 0. The third-order valence-electron chi connectivity index (χ3n) is 3.24. The molecule has 0 fully saturated rings. The van der Waals surface area contributed by atoms with Crippen molar-refractivity contribution < 1.29 is 9.53 Å². The molecule has 0 spiro atoms. The van der Waals surface area contributed by atoms with Crippen LogP contribution in [0.15, 0.2) is 48.5 Å². The molecule has 0 aromatic heterocycles. The van der Waals surface area contributed by atoms with Crippen LogP contribution in [-0.4, -0.2) is 12.0 Å². The fourth-order valence-electron chi connectivity index (χ4n) is 2.23. The molecular weight excluding hydrogens is 252 g/mol. The second kappa shape index (κ2) is 5.06. The lowest BCUT2D eigenvalue weighted by atomic mass is 10.1. The van der Waals surface area contributed by atoms with E-state index in [1.165, 1.54) is 0 Å². The first-order chi connectivity index (χ1) is 9.78. The van der Waals surface area contributed by atoms with Gasteiger partial charge in [0.1, 0.15) is 11.8 Å². The Kier molecular flexibility index (Phi) is 3.10. The third kappa shape index (κ3) is 2.21. The molecule has 20 heavy (non-hydrogen) atoms. The molecule has 0 bridgehead atoms. The number of ether oxygens (including phenoxy) is 1. The van der Waals surface area contributed by atoms with Crippen LogP contribution in [0, 0.1) is 11.3 Å². The summed E-state index contributed by atoms with van der Waals surface area (Å²) in [5.41, 5.74) is 1.98. The standard InChI is InChI=1S/C16H12N2O2/c17-10-12-6-1-3-7-13(12)18-16(19)15-9-11-5-2-4-8-14(11)20-15/h1-8,15H,9H2,(H,18,19). The number of nitrogens with one attached hydrogen (secondary N) is 1. The van der Waals surface area contributed by atoms with Crippen LogP contribution in [0.3, 0.4) is 0 Å². The molecule has 2 aromatic carbocycles. The maximum Gasteiger partial charge on any atom is 0.265 e. The Hall–Kier alpha value is -2.80. The molecule has 1 N–H and O–H groups in total. The fourth-order valence-corrected chi connectivity index (χ4v) is 2.23. The van der Waals surface area contributed by atoms with Crippen molar-refractivity contribution >= 4 is 11.6 Å². The van der Waals surface area contributed by atoms with Gasteiger partial charge in [0.15, 0.2) is 6.10 Å². The lowest BCUT2D eigenvalue weighted by Gasteiger charge is -2.12. The van der Waals surface area contributed by atoms with Gasteiger partial charge in [-0.2, -0.15) is 5.26 Å². The molecule has 1 heterocycles. The number of hydrogen-bond donors (Lipinski definition) is 1. The van der Waals surface area contributed by atoms with E-state index in [1.807, 2.05) is 24.3 Å². The third-order valence-corrected chi connectivity index (χ3v) is 3.24. The molecule has 1 amide bonds. The van der Waals surface area contributed by atoms with Gasteiger partial charge >= 0.3 is 0 Å². The molecule has 0 aliphatic carbocycles. The highest BCUT2D eigenvalue weighted by atomic mass is 16.5. The van der Waals surface area contributed by atoms with Gasteiger partial charge < -0.3 is 10.1 Å². The van der Waals surface area contributed by atoms with Gasteiger partial charge in [-0.15, -0.1) is 0 Å². The topological polar surface area (TPSA) is 62.1 Å². The number of amides is 1. The summed E-state index contributed by atoms with van der Waals surface area (Å²) in [7, 11) is 0. The van der Waals surface area contributed by atoms with Crippen molar-refractivity contribution in [2.45, 2.75) is 12.5 Å². The van der Waals surface area contributed by atoms with Crippen LogP contribution in [-0.2, 0) is 11.2 Å². The molecule has 98 valence electrons. The molecule has 4 heteroatoms. The summed E-state index contributed by atoms with van der Waals surface area (Å²) >= 11 is 0. The molecule has 1 aliphatic rings. The minimum Gasteiger partial charge on any atom is -0.480 e. The summed E-state index contributed by atoms with van der Waals surface area (Å²) in [6.07, 6.45) is 0.00985. The maximum absolute atomic E-state index is 12.2. The van der Waals surface area contributed by atoms with Crippen LogP contribution >= 0.6 is 0 Å². The van der Waals surface area contributed by atoms with Gasteiger partial charge in [-0.3, -0.25) is 4.79 Å². The normalized spacial score (nSPS) is 15.8. The van der Waals surface area contributed by atoms with Gasteiger partial charge in [-0.05, 0) is 23.8 Å². The summed E-state index contributed by atoms with van der Waals surface area (Å²) in [4.78, 5) is 12.2. The summed E-state index contributed by atoms with van der Waals surface area (Å²) in [6, 6.07) is 16.6. The minimum absolute atomic E-state index is 0.233. The Bertz CT molecular complexity index is 679. The molecule has 1 atom stereocenters. The van der Waals surface area contributed by atoms with E-state index >= 15 is 0 Å². The quantitative estimate of drug-likeness (QED) is 0.906. The van der Waals surface area contributed by atoms with Crippen molar-refractivity contribution in [1.82, 2.24) is 0 Å². The zero-order valence-corrected chi connectivity index (χ0v) is 10.7. The number of benzene rings is 2. The first kappa shape index (κ1) is 12.2. The van der Waals surface area contributed by atoms with E-state index in [0.29, 0.717) is 17.7 Å². The van der Waals surface area contributed by atoms with Crippen LogP contribution in [0.25, 0.3) is 0 Å². The van der Waals surface area contributed by atoms with E-state index in [9.17, 15) is 4.79 Å². The summed E-state index contributed by atoms with van der Waals surface area (Å²) in [5.74, 6) is 0.519. The van der Waals surface area contributed by atoms with Gasteiger partial charge in [0, 0.05) is 6.42 Å². The highest BCUT2D eigenvalue weighted by molar-refractivity contribution is 5.96. The molecule has 0 radical (unpaired) electrons. The predicted molar refractivity (Wildman–Crippen MR) is 74.3 cm³/mol. The van der Waals surface area contributed by atoms with E-state index < -0.39 is 6.10 Å². The smallest absolute Gasteiger partial charge is 0.265 e. The lowest BCUT2D eigenvalue weighted by Crippen LogP contribution is -2.31. The molecule has 0 saturated heterocycles. The van der Waals surface area contributed by atoms with Gasteiger partial charge in [0.05, 0.1) is 11.3 Å². The number of nitriles is 1. The number of nitrogens with zero attached hydrogens (tertiary/aromatic N) is 1. The second-order valence-corrected chi connectivity index (χ2v) is 4.56. The van der Waals surface area contributed by atoms with Crippen LogP contribution in [0.4, 0.5) is 5.69 Å². The van der Waals surface area contributed by atoms with Crippen LogP contribution < -0.4 is 10.1 Å². The van der Waals surface area contributed by atoms with Gasteiger partial charge in [-0.25, -0.2) is 0 Å². The Labute approximate surface area is 116 Å². The Morgan fingerprint density at radius 1 is 1.20 bits per heavy atom. The predicted octanol–water partition coefficient (Wildman–Crippen LogP) is 2.50. The Balaban J connectivity index is 1.75. The average Bonchev–Trinajstić information content (AvgIpc) is 2.92. The van der Waals surface area contributed by atoms with Crippen molar-refractivity contribution in [3.8, 4) is 11.8 Å². The molecule has 0 saturated carbocycles. The largest absolute Gasteiger partial charge is 0.480 e. The number of para-hydroxylation sites is 2. The fraction of sp³-hybridized carbons (Fsp3) is 0.125. The van der Waals surface area contributed by atoms with Crippen LogP contribution in [0.1, 0.15) is 11.1 Å². The maximum atomic E-state index is 12.2. The van der Waals surface area contributed by atoms with Crippen LogP contribution in [0.5, 0.6) is 5.75 Å². The highest BCUT2D eigenvalue weighted by Crippen LogP contribution is 2.28. The van der Waals surface area contributed by atoms with Crippen molar-refractivity contribution in [3.63, 3.8) is 0 Å². The van der Waals surface area contributed by atoms with Gasteiger partial charge in [0.2, 0.25) is 0 Å². The van der Waals surface area contributed by atoms with E-state index in [2.05, 4.69) is 11.4 Å². The van der Waals surface area contributed by atoms with Crippen molar-refractivity contribution in [2.75, 3.05) is 5.32 Å². The molecule has 4 nitrogen and oxygen atoms in total. The monoisotopic (exact) mass is 264 g/mol. The van der Waals surface area contributed by atoms with Gasteiger partial charge in [-0.1, -0.05) is 30.3 Å². The van der Waals surface area contributed by atoms with E-state index in [0.717, 1.165) is 11.3 Å². The van der Waals surface area contributed by atoms with E-state index in [4.69, 9.17) is 10.00 Å². The first-order valence-corrected chi connectivity index (χ1v) is 6.32. The van der Waals surface area contributed by atoms with E-state index in [1.54, 1.807) is 24.3 Å². The number of hydrogen-bond acceptors (Lipinski definition) is 3. The molecule has 1 aliphatic heterocycles. The average molecular weight is 264 g/mol. The number of carbonyl (C=O) groups is 1. The Morgan fingerprint density at radius 2 is 1.95 bits per heavy atom. The van der Waals surface area contributed by atoms with Crippen molar-refractivity contribution in [2.24, 2.45) is 0 Å². The number of rotatable bonds is 2. The summed E-state index contributed by atoms with van der Waals surface area (Å²) in [5, 5.41) is 11.8. The molecule has 3 rings (SSSR count). The van der Waals surface area contributed by atoms with Gasteiger partial charge in [0.25, 0.3) is 5.91 Å². The zero-order valence-electron chi connectivity index (χ0n) is 10.7. The SMILES string of the molecule is N#Cc1ccccc1NC(=O)C1Cc2ccccc2O1. The minimum atomic E-state index is -0.542. The highest BCUT2D eigenvalue weighted by Gasteiger charge is 2.29. The first-order valence-electron chi connectivity index (χ1n) is 6.32. The Morgan fingerprint density at radius 3 is 2.75 bits per heavy atom. The molecule has 2 aromatic rings. The lowest BCUT2D eigenvalue weighted by molar-refractivity contribution is -0.122. The van der Waals surface area contributed by atoms with Crippen LogP contribution in [0.2, 0.25) is 0 Å². The van der Waals surface area contributed by atoms with Crippen molar-refractivity contribution in [1.29, 1.82) is 5.26 Å². The molecule has 1 unspecified atom stereocenters. The number of fused-ring (bicyclic) bond motifs is 1. The molecular formula is C16H12N2O2. The number of anilines is 1.